The SMILES string of the molecule is Cc1cc(C(F)F)cnc1C(=O)Nc1ccc(F)c([C@@]2(C)N=C(N)[C@@]3(CF)CC[C@@H]2S3(=O)=O)c1. The number of fused-ring (bicyclic) bond motifs is 2. The molecule has 0 unspecified atom stereocenters. The molecule has 0 saturated carbocycles. The number of anilines is 1. The van der Waals surface area contributed by atoms with Crippen LogP contribution in [-0.2, 0) is 15.4 Å². The lowest BCUT2D eigenvalue weighted by molar-refractivity contribution is 0.102. The Bertz CT molecular complexity index is 1320. The van der Waals surface area contributed by atoms with Crippen molar-refractivity contribution >= 4 is 27.3 Å². The number of amides is 1. The van der Waals surface area contributed by atoms with Gasteiger partial charge in [-0.3, -0.25) is 14.8 Å². The molecule has 3 atom stereocenters. The number of nitrogens with two attached hydrogens (primary N) is 1. The number of hydrogen-bond donors (Lipinski definition) is 2. The Balaban J connectivity index is 1.71. The molecule has 2 bridgehead atoms. The summed E-state index contributed by atoms with van der Waals surface area (Å²) in [6.07, 6.45) is -1.86. The molecule has 3 heterocycles. The fourth-order valence-corrected chi connectivity index (χ4v) is 7.44. The van der Waals surface area contributed by atoms with Crippen molar-refractivity contribution in [3.05, 3.63) is 58.7 Å². The van der Waals surface area contributed by atoms with Crippen LogP contribution < -0.4 is 11.1 Å². The Labute approximate surface area is 193 Å². The van der Waals surface area contributed by atoms with Gasteiger partial charge >= 0.3 is 0 Å². The van der Waals surface area contributed by atoms with E-state index < -0.39 is 56.0 Å². The highest BCUT2D eigenvalue weighted by molar-refractivity contribution is 7.94. The standard InChI is InChI=1S/C22H22F4N4O3S/c1-11-7-12(18(25)26)9-28-17(11)19(31)29-13-3-4-15(24)14(8-13)21(2)16-5-6-22(10-23,20(27)30-21)34(16,32)33/h3-4,7-9,16,18H,5-6,10H2,1-2H3,(H2,27,30)(H,29,31)/t16-,21+,22-/m0/s1. The number of benzene rings is 1. The minimum atomic E-state index is -4.11. The van der Waals surface area contributed by atoms with E-state index in [1.807, 2.05) is 0 Å². The van der Waals surface area contributed by atoms with E-state index in [1.54, 1.807) is 0 Å². The fourth-order valence-electron chi connectivity index (χ4n) is 4.79. The predicted octanol–water partition coefficient (Wildman–Crippen LogP) is 3.59. The van der Waals surface area contributed by atoms with Gasteiger partial charge in [-0.2, -0.15) is 0 Å². The van der Waals surface area contributed by atoms with Gasteiger partial charge in [0.05, 0.1) is 5.25 Å². The average molecular weight is 499 g/mol. The van der Waals surface area contributed by atoms with Gasteiger partial charge in [0.2, 0.25) is 0 Å². The summed E-state index contributed by atoms with van der Waals surface area (Å²) in [5.41, 5.74) is 4.03. The van der Waals surface area contributed by atoms with Crippen LogP contribution in [0.1, 0.15) is 53.4 Å². The number of carbonyl (C=O) groups excluding carboxylic acids is 1. The molecule has 34 heavy (non-hydrogen) atoms. The van der Waals surface area contributed by atoms with Crippen LogP contribution in [0, 0.1) is 12.7 Å². The van der Waals surface area contributed by atoms with Crippen LogP contribution in [0.4, 0.5) is 23.2 Å². The number of carbonyl (C=O) groups is 1. The minimum Gasteiger partial charge on any atom is -0.386 e. The summed E-state index contributed by atoms with van der Waals surface area (Å²) >= 11 is 0. The number of alkyl halides is 3. The van der Waals surface area contributed by atoms with E-state index in [9.17, 15) is 30.8 Å². The summed E-state index contributed by atoms with van der Waals surface area (Å²) in [5.74, 6) is -1.90. The third kappa shape index (κ3) is 3.38. The first kappa shape index (κ1) is 24.1. The number of amidine groups is 1. The van der Waals surface area contributed by atoms with Crippen molar-refractivity contribution in [1.82, 2.24) is 4.98 Å². The Hall–Kier alpha value is -3.02. The third-order valence-electron chi connectivity index (χ3n) is 6.73. The van der Waals surface area contributed by atoms with Crippen LogP contribution in [0.5, 0.6) is 0 Å². The average Bonchev–Trinajstić information content (AvgIpc) is 2.98. The van der Waals surface area contributed by atoms with E-state index in [2.05, 4.69) is 15.3 Å². The lowest BCUT2D eigenvalue weighted by Crippen LogP contribution is -2.58. The highest BCUT2D eigenvalue weighted by Gasteiger charge is 2.65. The van der Waals surface area contributed by atoms with Gasteiger partial charge < -0.3 is 11.1 Å². The molecule has 1 aromatic heterocycles. The number of aliphatic imine (C=N–C) groups is 1. The molecule has 1 fully saturated rings. The lowest BCUT2D eigenvalue weighted by atomic mass is 9.86. The largest absolute Gasteiger partial charge is 0.386 e. The van der Waals surface area contributed by atoms with Crippen LogP contribution in [0.3, 0.4) is 0 Å². The van der Waals surface area contributed by atoms with E-state index in [0.717, 1.165) is 18.3 Å². The van der Waals surface area contributed by atoms with Crippen molar-refractivity contribution in [2.75, 3.05) is 12.0 Å². The van der Waals surface area contributed by atoms with Crippen LogP contribution >= 0.6 is 0 Å². The van der Waals surface area contributed by atoms with Crippen molar-refractivity contribution in [2.24, 2.45) is 10.7 Å². The summed E-state index contributed by atoms with van der Waals surface area (Å²) in [5, 5.41) is 1.32. The highest BCUT2D eigenvalue weighted by atomic mass is 32.2. The minimum absolute atomic E-state index is 0.0442. The molecule has 182 valence electrons. The van der Waals surface area contributed by atoms with E-state index in [0.29, 0.717) is 0 Å². The first-order valence-electron chi connectivity index (χ1n) is 10.4. The van der Waals surface area contributed by atoms with Crippen LogP contribution in [0.15, 0.2) is 35.5 Å². The van der Waals surface area contributed by atoms with Gasteiger partial charge in [-0.25, -0.2) is 26.0 Å². The zero-order chi connectivity index (χ0) is 25.1. The summed E-state index contributed by atoms with van der Waals surface area (Å²) in [6.45, 7) is 1.65. The Morgan fingerprint density at radius 1 is 1.32 bits per heavy atom. The summed E-state index contributed by atoms with van der Waals surface area (Å²) in [7, 11) is -4.11. The topological polar surface area (TPSA) is 115 Å². The van der Waals surface area contributed by atoms with Gasteiger partial charge in [0.25, 0.3) is 12.3 Å². The smallest absolute Gasteiger partial charge is 0.274 e. The number of aryl methyl sites for hydroxylation is 1. The Morgan fingerprint density at radius 3 is 2.65 bits per heavy atom. The monoisotopic (exact) mass is 498 g/mol. The Morgan fingerprint density at radius 2 is 2.03 bits per heavy atom. The number of aromatic nitrogens is 1. The zero-order valence-electron chi connectivity index (χ0n) is 18.3. The molecule has 0 spiro atoms. The normalized spacial score (nSPS) is 27.5. The van der Waals surface area contributed by atoms with E-state index in [-0.39, 0.29) is 40.9 Å². The summed E-state index contributed by atoms with van der Waals surface area (Å²) in [4.78, 5) is 20.8. The van der Waals surface area contributed by atoms with Gasteiger partial charge in [-0.15, -0.1) is 0 Å². The molecular weight excluding hydrogens is 476 g/mol. The Kier molecular flexibility index (Phi) is 5.70. The highest BCUT2D eigenvalue weighted by Crippen LogP contribution is 2.52. The summed E-state index contributed by atoms with van der Waals surface area (Å²) in [6, 6.07) is 4.68. The second-order valence-electron chi connectivity index (χ2n) is 8.73. The second-order valence-corrected chi connectivity index (χ2v) is 11.2. The molecule has 4 rings (SSSR count). The number of hydrogen-bond acceptors (Lipinski definition) is 6. The van der Waals surface area contributed by atoms with Crippen molar-refractivity contribution in [3.63, 3.8) is 0 Å². The second kappa shape index (κ2) is 8.03. The zero-order valence-corrected chi connectivity index (χ0v) is 19.1. The fraction of sp³-hybridized carbons (Fsp3) is 0.409. The molecule has 7 nitrogen and oxygen atoms in total. The third-order valence-corrected chi connectivity index (χ3v) is 9.78. The predicted molar refractivity (Wildman–Crippen MR) is 118 cm³/mol. The van der Waals surface area contributed by atoms with Crippen LogP contribution in [0.25, 0.3) is 0 Å². The van der Waals surface area contributed by atoms with Gasteiger partial charge in [-0.1, -0.05) is 0 Å². The number of halogens is 4. The molecule has 12 heteroatoms. The van der Waals surface area contributed by atoms with Gasteiger partial charge in [0, 0.05) is 23.0 Å². The van der Waals surface area contributed by atoms with E-state index in [4.69, 9.17) is 5.73 Å². The number of rotatable bonds is 5. The maximum Gasteiger partial charge on any atom is 0.274 e. The lowest BCUT2D eigenvalue weighted by Gasteiger charge is -2.39. The molecule has 0 radical (unpaired) electrons. The molecule has 2 aliphatic heterocycles. The van der Waals surface area contributed by atoms with Crippen molar-refractivity contribution in [2.45, 2.75) is 48.7 Å². The first-order chi connectivity index (χ1) is 15.9. The maximum absolute atomic E-state index is 14.9. The number of nitrogens with one attached hydrogen (secondary N) is 1. The molecule has 1 amide bonds. The molecule has 0 aliphatic carbocycles. The summed E-state index contributed by atoms with van der Waals surface area (Å²) < 4.78 is 78.9. The van der Waals surface area contributed by atoms with E-state index in [1.165, 1.54) is 26.0 Å². The van der Waals surface area contributed by atoms with Crippen molar-refractivity contribution in [3.8, 4) is 0 Å². The number of sulfone groups is 1. The van der Waals surface area contributed by atoms with Crippen LogP contribution in [-0.4, -0.2) is 41.8 Å². The first-order valence-corrected chi connectivity index (χ1v) is 11.9. The van der Waals surface area contributed by atoms with Crippen molar-refractivity contribution in [1.29, 1.82) is 0 Å². The van der Waals surface area contributed by atoms with Gasteiger partial charge in [0.15, 0.2) is 14.6 Å². The molecule has 1 saturated heterocycles. The van der Waals surface area contributed by atoms with Gasteiger partial charge in [-0.05, 0) is 56.5 Å². The molecule has 2 aliphatic rings. The van der Waals surface area contributed by atoms with Crippen molar-refractivity contribution < 1.29 is 30.8 Å². The quantitative estimate of drug-likeness (QED) is 0.612. The number of pyridine rings is 1. The maximum atomic E-state index is 14.9. The molecule has 2 aromatic rings. The van der Waals surface area contributed by atoms with Crippen LogP contribution in [0.2, 0.25) is 0 Å². The van der Waals surface area contributed by atoms with Gasteiger partial charge in [0.1, 0.15) is 29.6 Å². The van der Waals surface area contributed by atoms with E-state index >= 15 is 0 Å². The number of nitrogens with zero attached hydrogens (tertiary/aromatic N) is 2. The molecule has 1 aromatic carbocycles. The molecule has 3 N–H and O–H groups in total. The molecular formula is C22H22F4N4O3S.